The Morgan fingerprint density at radius 1 is 1.00 bits per heavy atom. The molecule has 1 aromatic carbocycles. The molecule has 24 heavy (non-hydrogen) atoms. The van der Waals surface area contributed by atoms with Crippen molar-refractivity contribution in [1.82, 2.24) is 0 Å². The summed E-state index contributed by atoms with van der Waals surface area (Å²) in [6.07, 6.45) is 7.38. The summed E-state index contributed by atoms with van der Waals surface area (Å²) in [5.41, 5.74) is 0.499. The molecule has 0 spiro atoms. The van der Waals surface area contributed by atoms with Crippen LogP contribution < -0.4 is 4.90 Å². The van der Waals surface area contributed by atoms with Crippen molar-refractivity contribution in [2.45, 2.75) is 70.4 Å². The molecule has 0 saturated heterocycles. The van der Waals surface area contributed by atoms with Gasteiger partial charge in [-0.15, -0.1) is 0 Å². The smallest absolute Gasteiger partial charge is 0.415 e. The Balaban J connectivity index is 1.72. The van der Waals surface area contributed by atoms with Gasteiger partial charge in [-0.2, -0.15) is 0 Å². The number of carbonyl (C=O) groups excluding carboxylic acids is 1. The van der Waals surface area contributed by atoms with Crippen LogP contribution in [0, 0.1) is 17.8 Å². The van der Waals surface area contributed by atoms with Crippen molar-refractivity contribution in [2.24, 2.45) is 17.8 Å². The van der Waals surface area contributed by atoms with Gasteiger partial charge in [-0.3, -0.25) is 4.90 Å². The SMILES string of the molecule is CC(C)(C)OC(=O)N(c1ccccc1)C12CC3CC(CC(C3)C1)C2. The van der Waals surface area contributed by atoms with Gasteiger partial charge < -0.3 is 4.74 Å². The molecule has 0 radical (unpaired) electrons. The van der Waals surface area contributed by atoms with E-state index >= 15 is 0 Å². The number of amides is 1. The summed E-state index contributed by atoms with van der Waals surface area (Å²) < 4.78 is 5.83. The third-order valence-electron chi connectivity index (χ3n) is 6.07. The maximum atomic E-state index is 13.2. The van der Waals surface area contributed by atoms with E-state index in [9.17, 15) is 4.79 Å². The molecule has 0 heterocycles. The summed E-state index contributed by atoms with van der Waals surface area (Å²) in [5, 5.41) is 0. The van der Waals surface area contributed by atoms with Crippen LogP contribution in [0.25, 0.3) is 0 Å². The Hall–Kier alpha value is -1.51. The molecule has 0 unspecified atom stereocenters. The standard InChI is InChI=1S/C21H29NO2/c1-20(2,3)24-19(23)22(18-7-5-4-6-8-18)21-12-15-9-16(13-21)11-17(10-15)14-21/h4-8,15-17H,9-14H2,1-3H3. The van der Waals surface area contributed by atoms with Gasteiger partial charge in [-0.05, 0) is 89.2 Å². The van der Waals surface area contributed by atoms with E-state index in [1.807, 2.05) is 43.9 Å². The van der Waals surface area contributed by atoms with Gasteiger partial charge >= 0.3 is 6.09 Å². The zero-order valence-electron chi connectivity index (χ0n) is 15.1. The van der Waals surface area contributed by atoms with E-state index in [2.05, 4.69) is 12.1 Å². The fourth-order valence-electron chi connectivity index (χ4n) is 5.80. The largest absolute Gasteiger partial charge is 0.443 e. The van der Waals surface area contributed by atoms with E-state index < -0.39 is 5.60 Å². The van der Waals surface area contributed by atoms with Crippen molar-refractivity contribution in [3.63, 3.8) is 0 Å². The molecule has 0 atom stereocenters. The second kappa shape index (κ2) is 5.50. The molecule has 5 rings (SSSR count). The van der Waals surface area contributed by atoms with Gasteiger partial charge in [-0.25, -0.2) is 4.79 Å². The Bertz CT molecular complexity index is 581. The van der Waals surface area contributed by atoms with Gasteiger partial charge in [0.15, 0.2) is 0 Å². The lowest BCUT2D eigenvalue weighted by Crippen LogP contribution is -2.62. The third kappa shape index (κ3) is 2.82. The maximum absolute atomic E-state index is 13.2. The monoisotopic (exact) mass is 327 g/mol. The molecule has 4 fully saturated rings. The van der Waals surface area contributed by atoms with Crippen LogP contribution in [0.2, 0.25) is 0 Å². The minimum Gasteiger partial charge on any atom is -0.443 e. The van der Waals surface area contributed by atoms with Gasteiger partial charge in [0.2, 0.25) is 0 Å². The van der Waals surface area contributed by atoms with Gasteiger partial charge in [0.25, 0.3) is 0 Å². The number of nitrogens with zero attached hydrogens (tertiary/aromatic N) is 1. The Kier molecular flexibility index (Phi) is 3.67. The first-order valence-electron chi connectivity index (χ1n) is 9.43. The van der Waals surface area contributed by atoms with Crippen LogP contribution in [0.1, 0.15) is 59.3 Å². The lowest BCUT2D eigenvalue weighted by molar-refractivity contribution is -0.0112. The average Bonchev–Trinajstić information content (AvgIpc) is 2.44. The summed E-state index contributed by atoms with van der Waals surface area (Å²) in [4.78, 5) is 15.2. The van der Waals surface area contributed by atoms with Crippen LogP contribution in [0.15, 0.2) is 30.3 Å². The fraction of sp³-hybridized carbons (Fsp3) is 0.667. The van der Waals surface area contributed by atoms with Gasteiger partial charge in [0, 0.05) is 5.69 Å². The van der Waals surface area contributed by atoms with E-state index in [4.69, 9.17) is 4.74 Å². The van der Waals surface area contributed by atoms with E-state index in [-0.39, 0.29) is 11.6 Å². The third-order valence-corrected chi connectivity index (χ3v) is 6.07. The number of hydrogen-bond acceptors (Lipinski definition) is 2. The summed E-state index contributed by atoms with van der Waals surface area (Å²) in [5.74, 6) is 2.39. The van der Waals surface area contributed by atoms with Crippen molar-refractivity contribution in [3.8, 4) is 0 Å². The zero-order valence-corrected chi connectivity index (χ0v) is 15.1. The zero-order chi connectivity index (χ0) is 16.9. The fourth-order valence-corrected chi connectivity index (χ4v) is 5.80. The summed E-state index contributed by atoms with van der Waals surface area (Å²) in [7, 11) is 0. The number of anilines is 1. The molecule has 1 aromatic rings. The van der Waals surface area contributed by atoms with Crippen LogP contribution >= 0.6 is 0 Å². The molecule has 0 aliphatic heterocycles. The van der Waals surface area contributed by atoms with Crippen molar-refractivity contribution in [2.75, 3.05) is 4.90 Å². The second-order valence-electron chi connectivity index (χ2n) is 9.29. The molecule has 4 bridgehead atoms. The Labute approximate surface area is 145 Å². The summed E-state index contributed by atoms with van der Waals surface area (Å²) in [6.45, 7) is 5.86. The van der Waals surface area contributed by atoms with E-state index in [0.717, 1.165) is 42.7 Å². The highest BCUT2D eigenvalue weighted by atomic mass is 16.6. The predicted octanol–water partition coefficient (Wildman–Crippen LogP) is 5.40. The lowest BCUT2D eigenvalue weighted by Gasteiger charge is -2.60. The summed E-state index contributed by atoms with van der Waals surface area (Å²) >= 11 is 0. The Morgan fingerprint density at radius 3 is 1.96 bits per heavy atom. The number of benzene rings is 1. The molecule has 4 saturated carbocycles. The van der Waals surface area contributed by atoms with E-state index in [0.29, 0.717) is 0 Å². The number of carbonyl (C=O) groups is 1. The molecule has 3 nitrogen and oxygen atoms in total. The van der Waals surface area contributed by atoms with Crippen molar-refractivity contribution in [3.05, 3.63) is 30.3 Å². The first kappa shape index (κ1) is 16.0. The van der Waals surface area contributed by atoms with Gasteiger partial charge in [-0.1, -0.05) is 18.2 Å². The molecular weight excluding hydrogens is 298 g/mol. The first-order valence-corrected chi connectivity index (χ1v) is 9.43. The van der Waals surface area contributed by atoms with Crippen LogP contribution in [-0.2, 0) is 4.74 Å². The highest BCUT2D eigenvalue weighted by Gasteiger charge is 2.55. The van der Waals surface area contributed by atoms with Crippen LogP contribution in [0.5, 0.6) is 0 Å². The lowest BCUT2D eigenvalue weighted by atomic mass is 9.52. The highest BCUT2D eigenvalue weighted by molar-refractivity contribution is 5.89. The number of ether oxygens (including phenoxy) is 1. The van der Waals surface area contributed by atoms with E-state index in [1.165, 1.54) is 19.3 Å². The molecule has 4 aliphatic rings. The number of hydrogen-bond donors (Lipinski definition) is 0. The van der Waals surface area contributed by atoms with Crippen LogP contribution in [-0.4, -0.2) is 17.2 Å². The average molecular weight is 327 g/mol. The molecule has 0 N–H and O–H groups in total. The quantitative estimate of drug-likeness (QED) is 0.728. The molecule has 130 valence electrons. The first-order chi connectivity index (χ1) is 11.3. The van der Waals surface area contributed by atoms with Crippen molar-refractivity contribution < 1.29 is 9.53 Å². The normalized spacial score (nSPS) is 34.2. The Morgan fingerprint density at radius 2 is 1.50 bits per heavy atom. The van der Waals surface area contributed by atoms with Crippen LogP contribution in [0.4, 0.5) is 10.5 Å². The number of rotatable bonds is 2. The van der Waals surface area contributed by atoms with E-state index in [1.54, 1.807) is 0 Å². The minimum atomic E-state index is -0.466. The highest BCUT2D eigenvalue weighted by Crippen LogP contribution is 2.58. The predicted molar refractivity (Wildman–Crippen MR) is 96.1 cm³/mol. The number of para-hydroxylation sites is 1. The van der Waals surface area contributed by atoms with Crippen molar-refractivity contribution in [1.29, 1.82) is 0 Å². The molecular formula is C21H29NO2. The molecule has 0 aromatic heterocycles. The minimum absolute atomic E-state index is 0.0293. The second-order valence-corrected chi connectivity index (χ2v) is 9.29. The molecule has 4 aliphatic carbocycles. The van der Waals surface area contributed by atoms with Crippen LogP contribution in [0.3, 0.4) is 0 Å². The topological polar surface area (TPSA) is 29.5 Å². The van der Waals surface area contributed by atoms with Gasteiger partial charge in [0.05, 0.1) is 5.54 Å². The molecule has 1 amide bonds. The molecule has 3 heteroatoms. The summed E-state index contributed by atoms with van der Waals surface area (Å²) in [6, 6.07) is 10.2. The van der Waals surface area contributed by atoms with Gasteiger partial charge in [0.1, 0.15) is 5.60 Å². The van der Waals surface area contributed by atoms with Crippen molar-refractivity contribution >= 4 is 11.8 Å². The maximum Gasteiger partial charge on any atom is 0.415 e.